The maximum absolute atomic E-state index is 12.4. The molecule has 122 valence electrons. The standard InChI is InChI=1S/C20H26N2O/c1-5-17(6-2)18-10-12-22(13-11-18)16(4)20(23)21-19-9-7-8-15(3)14-19/h7-14,16-17H,5-6H2,1-4H3/p+1/t16-/m0/s1. The van der Waals surface area contributed by atoms with Crippen LogP contribution in [-0.4, -0.2) is 5.91 Å². The van der Waals surface area contributed by atoms with Crippen LogP contribution in [0, 0.1) is 6.92 Å². The molecule has 1 atom stereocenters. The first-order valence-corrected chi connectivity index (χ1v) is 8.43. The Hall–Kier alpha value is -2.16. The van der Waals surface area contributed by atoms with E-state index in [-0.39, 0.29) is 11.9 Å². The van der Waals surface area contributed by atoms with E-state index >= 15 is 0 Å². The minimum Gasteiger partial charge on any atom is -0.320 e. The monoisotopic (exact) mass is 311 g/mol. The second-order valence-electron chi connectivity index (χ2n) is 6.13. The van der Waals surface area contributed by atoms with Crippen molar-refractivity contribution in [2.45, 2.75) is 52.5 Å². The number of pyridine rings is 1. The first-order chi connectivity index (χ1) is 11.0. The van der Waals surface area contributed by atoms with Crippen molar-refractivity contribution >= 4 is 11.6 Å². The van der Waals surface area contributed by atoms with Gasteiger partial charge in [0.25, 0.3) is 5.91 Å². The van der Waals surface area contributed by atoms with Crippen molar-refractivity contribution < 1.29 is 9.36 Å². The molecule has 1 aromatic carbocycles. The van der Waals surface area contributed by atoms with Gasteiger partial charge in [-0.25, -0.2) is 0 Å². The SMILES string of the molecule is CCC(CC)c1cc[n+]([C@@H](C)C(=O)Nc2cccc(C)c2)cc1. The van der Waals surface area contributed by atoms with Gasteiger partial charge in [-0.1, -0.05) is 26.0 Å². The van der Waals surface area contributed by atoms with Crippen molar-refractivity contribution in [2.75, 3.05) is 5.32 Å². The van der Waals surface area contributed by atoms with Crippen LogP contribution in [-0.2, 0) is 4.79 Å². The molecule has 3 nitrogen and oxygen atoms in total. The van der Waals surface area contributed by atoms with Gasteiger partial charge in [0.2, 0.25) is 6.04 Å². The van der Waals surface area contributed by atoms with Gasteiger partial charge in [0, 0.05) is 24.7 Å². The first-order valence-electron chi connectivity index (χ1n) is 8.43. The zero-order valence-electron chi connectivity index (χ0n) is 14.5. The molecule has 0 fully saturated rings. The van der Waals surface area contributed by atoms with Gasteiger partial charge in [0.15, 0.2) is 12.4 Å². The fourth-order valence-electron chi connectivity index (χ4n) is 2.84. The Morgan fingerprint density at radius 1 is 1.13 bits per heavy atom. The molecule has 2 rings (SSSR count). The third kappa shape index (κ3) is 4.41. The fraction of sp³-hybridized carbons (Fsp3) is 0.400. The van der Waals surface area contributed by atoms with E-state index in [9.17, 15) is 4.79 Å². The van der Waals surface area contributed by atoms with Crippen molar-refractivity contribution in [2.24, 2.45) is 0 Å². The van der Waals surface area contributed by atoms with Gasteiger partial charge in [0.1, 0.15) is 0 Å². The number of nitrogens with zero attached hydrogens (tertiary/aromatic N) is 1. The lowest BCUT2D eigenvalue weighted by atomic mass is 9.95. The Balaban J connectivity index is 2.07. The molecule has 0 spiro atoms. The van der Waals surface area contributed by atoms with Crippen LogP contribution in [0.1, 0.15) is 56.7 Å². The summed E-state index contributed by atoms with van der Waals surface area (Å²) in [5, 5.41) is 2.98. The third-order valence-electron chi connectivity index (χ3n) is 4.45. The summed E-state index contributed by atoms with van der Waals surface area (Å²) in [6.07, 6.45) is 6.30. The summed E-state index contributed by atoms with van der Waals surface area (Å²) in [7, 11) is 0. The van der Waals surface area contributed by atoms with Crippen LogP contribution >= 0.6 is 0 Å². The van der Waals surface area contributed by atoms with Crippen LogP contribution in [0.2, 0.25) is 0 Å². The average Bonchev–Trinajstić information content (AvgIpc) is 2.56. The number of benzene rings is 1. The van der Waals surface area contributed by atoms with Crippen LogP contribution in [0.4, 0.5) is 5.69 Å². The number of amides is 1. The minimum absolute atomic E-state index is 0.00381. The number of anilines is 1. The summed E-state index contributed by atoms with van der Waals surface area (Å²) in [4.78, 5) is 12.4. The van der Waals surface area contributed by atoms with Crippen LogP contribution < -0.4 is 9.88 Å². The summed E-state index contributed by atoms with van der Waals surface area (Å²) in [5.74, 6) is 0.594. The van der Waals surface area contributed by atoms with Gasteiger partial charge in [-0.3, -0.25) is 4.79 Å². The minimum atomic E-state index is -0.244. The third-order valence-corrected chi connectivity index (χ3v) is 4.45. The van der Waals surface area contributed by atoms with Gasteiger partial charge < -0.3 is 5.32 Å². The average molecular weight is 311 g/mol. The second kappa shape index (κ2) is 7.91. The maximum Gasteiger partial charge on any atom is 0.293 e. The normalized spacial score (nSPS) is 12.2. The molecule has 0 bridgehead atoms. The number of aryl methyl sites for hydroxylation is 1. The van der Waals surface area contributed by atoms with Crippen LogP contribution in [0.15, 0.2) is 48.8 Å². The van der Waals surface area contributed by atoms with Gasteiger partial charge in [-0.05, 0) is 48.9 Å². The van der Waals surface area contributed by atoms with Gasteiger partial charge in [0.05, 0.1) is 0 Å². The summed E-state index contributed by atoms with van der Waals surface area (Å²) >= 11 is 0. The van der Waals surface area contributed by atoms with E-state index in [4.69, 9.17) is 0 Å². The van der Waals surface area contributed by atoms with E-state index in [1.54, 1.807) is 0 Å². The van der Waals surface area contributed by atoms with E-state index in [0.29, 0.717) is 5.92 Å². The highest BCUT2D eigenvalue weighted by Gasteiger charge is 2.22. The highest BCUT2D eigenvalue weighted by Crippen LogP contribution is 2.21. The molecular formula is C20H27N2O+. The lowest BCUT2D eigenvalue weighted by Gasteiger charge is -2.13. The molecule has 23 heavy (non-hydrogen) atoms. The Morgan fingerprint density at radius 3 is 2.35 bits per heavy atom. The Kier molecular flexibility index (Phi) is 5.91. The zero-order valence-corrected chi connectivity index (χ0v) is 14.5. The number of hydrogen-bond donors (Lipinski definition) is 1. The molecule has 1 N–H and O–H groups in total. The number of carbonyl (C=O) groups is 1. The summed E-state index contributed by atoms with van der Waals surface area (Å²) in [6, 6.07) is 11.9. The largest absolute Gasteiger partial charge is 0.320 e. The molecular weight excluding hydrogens is 284 g/mol. The van der Waals surface area contributed by atoms with Crippen molar-refractivity contribution in [3.05, 3.63) is 59.9 Å². The predicted molar refractivity (Wildman–Crippen MR) is 94.5 cm³/mol. The number of hydrogen-bond acceptors (Lipinski definition) is 1. The lowest BCUT2D eigenvalue weighted by molar-refractivity contribution is -0.705. The van der Waals surface area contributed by atoms with Crippen LogP contribution in [0.3, 0.4) is 0 Å². The molecule has 0 saturated carbocycles. The first kappa shape index (κ1) is 17.2. The summed E-state index contributed by atoms with van der Waals surface area (Å²) in [5.41, 5.74) is 3.33. The van der Waals surface area contributed by atoms with Crippen molar-refractivity contribution in [1.82, 2.24) is 0 Å². The molecule has 3 heteroatoms. The van der Waals surface area contributed by atoms with Crippen LogP contribution in [0.25, 0.3) is 0 Å². The molecule has 2 aromatic rings. The van der Waals surface area contributed by atoms with Gasteiger partial charge in [-0.2, -0.15) is 4.57 Å². The van der Waals surface area contributed by atoms with Crippen molar-refractivity contribution in [1.29, 1.82) is 0 Å². The highest BCUT2D eigenvalue weighted by molar-refractivity contribution is 5.92. The number of rotatable bonds is 6. The van der Waals surface area contributed by atoms with E-state index in [1.807, 2.05) is 55.1 Å². The number of carbonyl (C=O) groups excluding carboxylic acids is 1. The van der Waals surface area contributed by atoms with Crippen molar-refractivity contribution in [3.8, 4) is 0 Å². The topological polar surface area (TPSA) is 33.0 Å². The summed E-state index contributed by atoms with van der Waals surface area (Å²) < 4.78 is 1.96. The molecule has 0 saturated heterocycles. The van der Waals surface area contributed by atoms with Gasteiger partial charge >= 0.3 is 0 Å². The lowest BCUT2D eigenvalue weighted by Crippen LogP contribution is -2.44. The smallest absolute Gasteiger partial charge is 0.293 e. The van der Waals surface area contributed by atoms with E-state index in [1.165, 1.54) is 5.56 Å². The number of aromatic nitrogens is 1. The van der Waals surface area contributed by atoms with Gasteiger partial charge in [-0.15, -0.1) is 0 Å². The Morgan fingerprint density at radius 2 is 1.78 bits per heavy atom. The molecule has 1 aromatic heterocycles. The highest BCUT2D eigenvalue weighted by atomic mass is 16.2. The zero-order chi connectivity index (χ0) is 16.8. The molecule has 1 amide bonds. The maximum atomic E-state index is 12.4. The second-order valence-corrected chi connectivity index (χ2v) is 6.13. The Bertz CT molecular complexity index is 645. The predicted octanol–water partition coefficient (Wildman–Crippen LogP) is 4.39. The molecule has 1 heterocycles. The molecule has 0 radical (unpaired) electrons. The van der Waals surface area contributed by atoms with Crippen molar-refractivity contribution in [3.63, 3.8) is 0 Å². The van der Waals surface area contributed by atoms with Crippen LogP contribution in [0.5, 0.6) is 0 Å². The molecule has 0 aliphatic heterocycles. The molecule has 0 aliphatic carbocycles. The van der Waals surface area contributed by atoms with E-state index in [2.05, 4.69) is 31.3 Å². The molecule has 0 unspecified atom stereocenters. The quantitative estimate of drug-likeness (QED) is 0.789. The number of nitrogens with one attached hydrogen (secondary N) is 1. The Labute approximate surface area is 139 Å². The molecule has 0 aliphatic rings. The van der Waals surface area contributed by atoms with E-state index < -0.39 is 0 Å². The van der Waals surface area contributed by atoms with E-state index in [0.717, 1.165) is 24.1 Å². The fourth-order valence-corrected chi connectivity index (χ4v) is 2.84. The summed E-state index contributed by atoms with van der Waals surface area (Å²) in [6.45, 7) is 8.37.